The normalized spacial score (nSPS) is 26.7. The summed E-state index contributed by atoms with van der Waals surface area (Å²) in [5, 5.41) is 0. The number of ether oxygens (including phenoxy) is 1. The molecule has 0 radical (unpaired) electrons. The third-order valence-corrected chi connectivity index (χ3v) is 5.55. The minimum Gasteiger partial charge on any atom is -0.370 e. The van der Waals surface area contributed by atoms with Crippen LogP contribution in [0.1, 0.15) is 64.7 Å². The molecule has 0 unspecified atom stereocenters. The molecule has 0 aromatic rings. The van der Waals surface area contributed by atoms with Gasteiger partial charge in [-0.1, -0.05) is 30.9 Å². The van der Waals surface area contributed by atoms with Gasteiger partial charge in [-0.2, -0.15) is 0 Å². The summed E-state index contributed by atoms with van der Waals surface area (Å²) in [6.07, 6.45) is 12.6. The Labute approximate surface area is 128 Å². The van der Waals surface area contributed by atoms with Gasteiger partial charge in [0.1, 0.15) is 0 Å². The van der Waals surface area contributed by atoms with Crippen molar-refractivity contribution in [3.8, 4) is 0 Å². The fraction of sp³-hybridized carbons (Fsp3) is 0.833. The molecule has 0 N–H and O–H groups in total. The maximum atomic E-state index is 12.5. The molecule has 1 saturated carbocycles. The minimum atomic E-state index is -0.0655. The monoisotopic (exact) mass is 291 g/mol. The van der Waals surface area contributed by atoms with E-state index in [1.54, 1.807) is 0 Å². The summed E-state index contributed by atoms with van der Waals surface area (Å²) in [6, 6.07) is 0. The SMILES string of the molecule is CC1=CC2(CCN(C(=O)CC3CCCCC3)CC2)OCC1. The largest absolute Gasteiger partial charge is 0.370 e. The van der Waals surface area contributed by atoms with Crippen LogP contribution in [0.2, 0.25) is 0 Å². The Kier molecular flexibility index (Phi) is 4.68. The van der Waals surface area contributed by atoms with E-state index in [0.29, 0.717) is 11.8 Å². The Bertz CT molecular complexity index is 401. The number of hydrogen-bond acceptors (Lipinski definition) is 2. The molecule has 3 aliphatic rings. The highest BCUT2D eigenvalue weighted by molar-refractivity contribution is 5.76. The quantitative estimate of drug-likeness (QED) is 0.726. The zero-order chi connectivity index (χ0) is 14.7. The number of likely N-dealkylation sites (tertiary alicyclic amines) is 1. The molecule has 1 spiro atoms. The van der Waals surface area contributed by atoms with Crippen LogP contribution >= 0.6 is 0 Å². The summed E-state index contributed by atoms with van der Waals surface area (Å²) >= 11 is 0. The lowest BCUT2D eigenvalue weighted by atomic mass is 9.85. The second-order valence-electron chi connectivity index (χ2n) is 7.24. The van der Waals surface area contributed by atoms with Crippen molar-refractivity contribution in [2.45, 2.75) is 70.3 Å². The molecule has 1 saturated heterocycles. The van der Waals surface area contributed by atoms with Crippen LogP contribution in [0.25, 0.3) is 0 Å². The van der Waals surface area contributed by atoms with Gasteiger partial charge in [-0.15, -0.1) is 0 Å². The van der Waals surface area contributed by atoms with Gasteiger partial charge in [-0.3, -0.25) is 4.79 Å². The average Bonchev–Trinajstić information content (AvgIpc) is 2.49. The molecule has 2 aliphatic heterocycles. The number of amides is 1. The molecule has 2 heterocycles. The predicted octanol–water partition coefficient (Wildman–Crippen LogP) is 3.68. The van der Waals surface area contributed by atoms with Crippen molar-refractivity contribution in [3.63, 3.8) is 0 Å². The number of piperidine rings is 1. The van der Waals surface area contributed by atoms with E-state index >= 15 is 0 Å². The molecule has 0 aromatic heterocycles. The predicted molar refractivity (Wildman–Crippen MR) is 84.1 cm³/mol. The maximum Gasteiger partial charge on any atom is 0.222 e. The van der Waals surface area contributed by atoms with E-state index in [4.69, 9.17) is 4.74 Å². The fourth-order valence-electron chi connectivity index (χ4n) is 4.17. The topological polar surface area (TPSA) is 29.5 Å². The zero-order valence-corrected chi connectivity index (χ0v) is 13.4. The van der Waals surface area contributed by atoms with Gasteiger partial charge in [0.2, 0.25) is 5.91 Å². The highest BCUT2D eigenvalue weighted by Crippen LogP contribution is 2.34. The van der Waals surface area contributed by atoms with Gasteiger partial charge in [-0.25, -0.2) is 0 Å². The van der Waals surface area contributed by atoms with Gasteiger partial charge >= 0.3 is 0 Å². The van der Waals surface area contributed by atoms with Crippen molar-refractivity contribution in [2.24, 2.45) is 5.92 Å². The molecule has 2 fully saturated rings. The Balaban J connectivity index is 1.51. The van der Waals surface area contributed by atoms with Gasteiger partial charge in [-0.05, 0) is 44.9 Å². The van der Waals surface area contributed by atoms with Gasteiger partial charge in [0.25, 0.3) is 0 Å². The Morgan fingerprint density at radius 3 is 2.67 bits per heavy atom. The highest BCUT2D eigenvalue weighted by Gasteiger charge is 2.36. The standard InChI is InChI=1S/C18H29NO2/c1-15-7-12-21-18(14-15)8-10-19(11-9-18)17(20)13-16-5-3-2-4-6-16/h14,16H,2-13H2,1H3. The summed E-state index contributed by atoms with van der Waals surface area (Å²) in [5.74, 6) is 1.03. The number of carbonyl (C=O) groups excluding carboxylic acids is 1. The van der Waals surface area contributed by atoms with Crippen molar-refractivity contribution >= 4 is 5.91 Å². The van der Waals surface area contributed by atoms with Crippen LogP contribution in [0.5, 0.6) is 0 Å². The van der Waals surface area contributed by atoms with Gasteiger partial charge in [0.05, 0.1) is 12.2 Å². The zero-order valence-electron chi connectivity index (χ0n) is 13.4. The second-order valence-corrected chi connectivity index (χ2v) is 7.24. The first-order valence-electron chi connectivity index (χ1n) is 8.77. The summed E-state index contributed by atoms with van der Waals surface area (Å²) < 4.78 is 6.04. The summed E-state index contributed by atoms with van der Waals surface area (Å²) in [5.41, 5.74) is 1.38. The molecule has 3 rings (SSSR count). The van der Waals surface area contributed by atoms with Crippen LogP contribution in [0.3, 0.4) is 0 Å². The van der Waals surface area contributed by atoms with Gasteiger partial charge in [0, 0.05) is 19.5 Å². The molecule has 0 bridgehead atoms. The van der Waals surface area contributed by atoms with E-state index in [1.165, 1.54) is 37.7 Å². The van der Waals surface area contributed by atoms with Crippen LogP contribution in [0, 0.1) is 5.92 Å². The van der Waals surface area contributed by atoms with Crippen molar-refractivity contribution in [3.05, 3.63) is 11.6 Å². The van der Waals surface area contributed by atoms with E-state index in [9.17, 15) is 4.79 Å². The van der Waals surface area contributed by atoms with E-state index in [1.807, 2.05) is 0 Å². The third kappa shape index (κ3) is 3.68. The lowest BCUT2D eigenvalue weighted by Gasteiger charge is -2.42. The van der Waals surface area contributed by atoms with E-state index in [2.05, 4.69) is 17.9 Å². The van der Waals surface area contributed by atoms with Crippen molar-refractivity contribution in [2.75, 3.05) is 19.7 Å². The van der Waals surface area contributed by atoms with Crippen molar-refractivity contribution in [1.82, 2.24) is 4.90 Å². The smallest absolute Gasteiger partial charge is 0.222 e. The van der Waals surface area contributed by atoms with Crippen LogP contribution in [-0.2, 0) is 9.53 Å². The number of carbonyl (C=O) groups is 1. The van der Waals surface area contributed by atoms with E-state index in [0.717, 1.165) is 45.4 Å². The molecular weight excluding hydrogens is 262 g/mol. The summed E-state index contributed by atoms with van der Waals surface area (Å²) in [4.78, 5) is 14.6. The summed E-state index contributed by atoms with van der Waals surface area (Å²) in [6.45, 7) is 4.79. The molecule has 0 atom stereocenters. The average molecular weight is 291 g/mol. The molecule has 21 heavy (non-hydrogen) atoms. The lowest BCUT2D eigenvalue weighted by molar-refractivity contribution is -0.137. The van der Waals surface area contributed by atoms with Crippen molar-refractivity contribution < 1.29 is 9.53 Å². The van der Waals surface area contributed by atoms with Crippen LogP contribution in [0.4, 0.5) is 0 Å². The van der Waals surface area contributed by atoms with Crippen molar-refractivity contribution in [1.29, 1.82) is 0 Å². The molecule has 3 heteroatoms. The molecule has 1 amide bonds. The minimum absolute atomic E-state index is 0.0655. The number of nitrogens with zero attached hydrogens (tertiary/aromatic N) is 1. The fourth-order valence-corrected chi connectivity index (χ4v) is 4.17. The van der Waals surface area contributed by atoms with Crippen LogP contribution < -0.4 is 0 Å². The first-order chi connectivity index (χ1) is 10.2. The molecule has 0 aromatic carbocycles. The van der Waals surface area contributed by atoms with E-state index < -0.39 is 0 Å². The highest BCUT2D eigenvalue weighted by atomic mass is 16.5. The number of rotatable bonds is 2. The van der Waals surface area contributed by atoms with Gasteiger partial charge in [0.15, 0.2) is 0 Å². The Hall–Kier alpha value is -0.830. The molecular formula is C18H29NO2. The third-order valence-electron chi connectivity index (χ3n) is 5.55. The first-order valence-corrected chi connectivity index (χ1v) is 8.77. The second kappa shape index (κ2) is 6.51. The molecule has 118 valence electrons. The Morgan fingerprint density at radius 2 is 2.00 bits per heavy atom. The molecule has 1 aliphatic carbocycles. The molecule has 3 nitrogen and oxygen atoms in total. The van der Waals surface area contributed by atoms with Crippen LogP contribution in [-0.4, -0.2) is 36.1 Å². The first kappa shape index (κ1) is 15.1. The Morgan fingerprint density at radius 1 is 1.29 bits per heavy atom. The van der Waals surface area contributed by atoms with Crippen LogP contribution in [0.15, 0.2) is 11.6 Å². The number of hydrogen-bond donors (Lipinski definition) is 0. The van der Waals surface area contributed by atoms with Gasteiger partial charge < -0.3 is 9.64 Å². The van der Waals surface area contributed by atoms with E-state index in [-0.39, 0.29) is 5.60 Å². The lowest BCUT2D eigenvalue weighted by Crippen LogP contribution is -2.48. The summed E-state index contributed by atoms with van der Waals surface area (Å²) in [7, 11) is 0. The maximum absolute atomic E-state index is 12.5.